The van der Waals surface area contributed by atoms with Gasteiger partial charge in [-0.3, -0.25) is 0 Å². The number of para-hydroxylation sites is 2. The number of unbranched alkanes of at least 4 members (excludes halogenated alkanes) is 2. The molecule has 0 saturated heterocycles. The quantitative estimate of drug-likeness (QED) is 0.0633. The topological polar surface area (TPSA) is 13.0 Å². The highest BCUT2D eigenvalue weighted by Gasteiger charge is 2.32. The number of nitrogens with zero attached hydrogens (tertiary/aromatic N) is 4. The summed E-state index contributed by atoms with van der Waals surface area (Å²) in [4.78, 5) is 9.67. The maximum absolute atomic E-state index is 2.44. The van der Waals surface area contributed by atoms with Gasteiger partial charge in [-0.1, -0.05) is 308 Å². The van der Waals surface area contributed by atoms with Gasteiger partial charge >= 0.3 is 0 Å². The molecule has 104 heavy (non-hydrogen) atoms. The molecule has 4 nitrogen and oxygen atoms in total. The lowest BCUT2D eigenvalue weighted by atomic mass is 9.72. The summed E-state index contributed by atoms with van der Waals surface area (Å²) in [7, 11) is 0. The third kappa shape index (κ3) is 12.9. The van der Waals surface area contributed by atoms with Crippen LogP contribution in [0.2, 0.25) is 0 Å². The van der Waals surface area contributed by atoms with Crippen LogP contribution in [0.5, 0.6) is 0 Å². The van der Waals surface area contributed by atoms with Gasteiger partial charge in [0.1, 0.15) is 0 Å². The van der Waals surface area contributed by atoms with E-state index in [1.54, 1.807) is 0 Å². The van der Waals surface area contributed by atoms with E-state index in [0.717, 1.165) is 118 Å². The number of hydrogen-bond donors (Lipinski definition) is 0. The van der Waals surface area contributed by atoms with Gasteiger partial charge in [0.05, 0.1) is 22.7 Å². The molecule has 0 fully saturated rings. The second kappa shape index (κ2) is 29.4. The van der Waals surface area contributed by atoms with Crippen LogP contribution < -0.4 is 19.6 Å². The number of anilines is 12. The first-order valence-corrected chi connectivity index (χ1v) is 37.1. The van der Waals surface area contributed by atoms with Crippen LogP contribution in [0.1, 0.15) is 88.5 Å². The molecule has 0 heterocycles. The Morgan fingerprint density at radius 3 is 0.644 bits per heavy atom. The smallest absolute Gasteiger partial charge is 0.0540 e. The van der Waals surface area contributed by atoms with E-state index in [0.29, 0.717) is 0 Å². The standard InChI is InChI=1S/C100H86N4/c1-5-7-71-99(3,79-51-63-87(64-52-79)101(83-35-11-9-12-36-83)95-43-23-31-75-27-15-19-39-91(75)95)81-55-67-89(68-56-81)103(97-45-25-33-77-29-17-21-41-93(77)97)85-59-47-73(48-60-85)74-49-61-86(62-50-74)104(98-46-26-34-78-30-18-22-42-94(78)98)90-69-57-82(58-70-90)100(4,72-8-6-2)80-53-65-88(66-54-80)102(84-37-13-10-14-38-84)96-44-24-32-76-28-16-20-40-92(76)96/h9-70H,5-8,71-72H2,1-4H3. The van der Waals surface area contributed by atoms with Crippen molar-refractivity contribution >= 4 is 111 Å². The number of rotatable bonds is 23. The van der Waals surface area contributed by atoms with E-state index in [1.165, 1.54) is 65.3 Å². The van der Waals surface area contributed by atoms with Crippen molar-refractivity contribution in [1.29, 1.82) is 0 Å². The maximum atomic E-state index is 2.44. The molecule has 16 aromatic carbocycles. The van der Waals surface area contributed by atoms with Crippen molar-refractivity contribution in [2.45, 2.75) is 77.0 Å². The predicted octanol–water partition coefficient (Wildman–Crippen LogP) is 28.8. The minimum Gasteiger partial charge on any atom is -0.310 e. The van der Waals surface area contributed by atoms with E-state index in [2.05, 4.69) is 423 Å². The largest absolute Gasteiger partial charge is 0.310 e. The van der Waals surface area contributed by atoms with Crippen molar-refractivity contribution in [2.24, 2.45) is 0 Å². The Bertz CT molecular complexity index is 5230. The third-order valence-corrected chi connectivity index (χ3v) is 21.8. The van der Waals surface area contributed by atoms with Gasteiger partial charge in [-0.25, -0.2) is 0 Å². The van der Waals surface area contributed by atoms with Crippen LogP contribution in [0, 0.1) is 0 Å². The number of hydrogen-bond acceptors (Lipinski definition) is 4. The van der Waals surface area contributed by atoms with Crippen molar-refractivity contribution in [1.82, 2.24) is 0 Å². The average molecular weight is 1340 g/mol. The van der Waals surface area contributed by atoms with E-state index >= 15 is 0 Å². The molecule has 0 aliphatic rings. The molecule has 0 N–H and O–H groups in total. The number of fused-ring (bicyclic) bond motifs is 4. The summed E-state index contributed by atoms with van der Waals surface area (Å²) < 4.78 is 0. The molecule has 0 spiro atoms. The van der Waals surface area contributed by atoms with Crippen LogP contribution in [-0.2, 0) is 10.8 Å². The first-order chi connectivity index (χ1) is 51.2. The zero-order chi connectivity index (χ0) is 70.4. The molecule has 2 atom stereocenters. The lowest BCUT2D eigenvalue weighted by molar-refractivity contribution is 0.493. The van der Waals surface area contributed by atoms with Gasteiger partial charge in [-0.15, -0.1) is 0 Å². The summed E-state index contributed by atoms with van der Waals surface area (Å²) in [6, 6.07) is 139. The van der Waals surface area contributed by atoms with Crippen molar-refractivity contribution in [2.75, 3.05) is 19.6 Å². The lowest BCUT2D eigenvalue weighted by Crippen LogP contribution is -2.24. The first kappa shape index (κ1) is 66.3. The second-order valence-corrected chi connectivity index (χ2v) is 28.2. The Balaban J connectivity index is 0.704. The van der Waals surface area contributed by atoms with Gasteiger partial charge in [0, 0.05) is 77.9 Å². The highest BCUT2D eigenvalue weighted by Crippen LogP contribution is 2.48. The minimum atomic E-state index is -0.236. The van der Waals surface area contributed by atoms with Gasteiger partial charge in [-0.05, 0) is 189 Å². The molecule has 0 aromatic heterocycles. The minimum absolute atomic E-state index is 0.236. The molecule has 0 aliphatic heterocycles. The molecular formula is C100H86N4. The molecule has 506 valence electrons. The predicted molar refractivity (Wildman–Crippen MR) is 445 cm³/mol. The van der Waals surface area contributed by atoms with Crippen LogP contribution in [0.3, 0.4) is 0 Å². The Hall–Kier alpha value is -12.2. The zero-order valence-corrected chi connectivity index (χ0v) is 59.8. The summed E-state index contributed by atoms with van der Waals surface area (Å²) in [5, 5.41) is 9.69. The van der Waals surface area contributed by atoms with Crippen LogP contribution in [-0.4, -0.2) is 0 Å². The van der Waals surface area contributed by atoms with Crippen molar-refractivity contribution < 1.29 is 0 Å². The van der Waals surface area contributed by atoms with E-state index in [1.807, 2.05) is 0 Å². The molecule has 2 unspecified atom stereocenters. The van der Waals surface area contributed by atoms with Crippen molar-refractivity contribution in [3.05, 3.63) is 398 Å². The Morgan fingerprint density at radius 1 is 0.202 bits per heavy atom. The molecule has 16 aromatic rings. The summed E-state index contributed by atoms with van der Waals surface area (Å²) >= 11 is 0. The Kier molecular flexibility index (Phi) is 18.7. The normalized spacial score (nSPS) is 12.6. The summed E-state index contributed by atoms with van der Waals surface area (Å²) in [6.07, 6.45) is 6.50. The van der Waals surface area contributed by atoms with Gasteiger partial charge in [0.15, 0.2) is 0 Å². The van der Waals surface area contributed by atoms with E-state index in [4.69, 9.17) is 0 Å². The number of benzene rings is 16. The first-order valence-electron chi connectivity index (χ1n) is 37.1. The molecule has 0 bridgehead atoms. The molecule has 16 rings (SSSR count). The van der Waals surface area contributed by atoms with Gasteiger partial charge in [0.25, 0.3) is 0 Å². The average Bonchev–Trinajstić information content (AvgIpc) is 0.776. The summed E-state index contributed by atoms with van der Waals surface area (Å²) in [5.74, 6) is 0. The van der Waals surface area contributed by atoms with E-state index in [9.17, 15) is 0 Å². The lowest BCUT2D eigenvalue weighted by Gasteiger charge is -2.33. The van der Waals surface area contributed by atoms with Gasteiger partial charge in [-0.2, -0.15) is 0 Å². The second-order valence-electron chi connectivity index (χ2n) is 28.2. The monoisotopic (exact) mass is 1340 g/mol. The summed E-state index contributed by atoms with van der Waals surface area (Å²) in [5.41, 5.74) is 20.6. The summed E-state index contributed by atoms with van der Waals surface area (Å²) in [6.45, 7) is 9.49. The maximum Gasteiger partial charge on any atom is 0.0540 e. The van der Waals surface area contributed by atoms with Crippen LogP contribution >= 0.6 is 0 Å². The van der Waals surface area contributed by atoms with Crippen LogP contribution in [0.4, 0.5) is 68.2 Å². The fourth-order valence-corrected chi connectivity index (χ4v) is 16.0. The highest BCUT2D eigenvalue weighted by atomic mass is 15.2. The fraction of sp³-hybridized carbons (Fsp3) is 0.120. The fourth-order valence-electron chi connectivity index (χ4n) is 16.0. The van der Waals surface area contributed by atoms with Crippen molar-refractivity contribution in [3.8, 4) is 11.1 Å². The third-order valence-electron chi connectivity index (χ3n) is 21.8. The molecule has 0 aliphatic carbocycles. The van der Waals surface area contributed by atoms with Crippen LogP contribution in [0.15, 0.2) is 376 Å². The molecule has 0 saturated carbocycles. The van der Waals surface area contributed by atoms with Crippen LogP contribution in [0.25, 0.3) is 54.2 Å². The highest BCUT2D eigenvalue weighted by molar-refractivity contribution is 6.03. The Labute approximate surface area is 613 Å². The van der Waals surface area contributed by atoms with E-state index in [-0.39, 0.29) is 10.8 Å². The SMILES string of the molecule is CCCCC(C)(c1ccc(N(c2ccccc2)c2cccc3ccccc23)cc1)c1ccc(N(c2ccc(-c3ccc(N(c4ccc(C(C)(CCCC)c5ccc(N(c6ccccc6)c6cccc7ccccc67)cc5)cc4)c4cccc5ccccc45)cc3)cc2)c2cccc3ccccc23)cc1. The molecular weight excluding hydrogens is 1260 g/mol. The molecule has 4 heteroatoms. The van der Waals surface area contributed by atoms with Crippen molar-refractivity contribution in [3.63, 3.8) is 0 Å². The zero-order valence-electron chi connectivity index (χ0n) is 59.8. The van der Waals surface area contributed by atoms with Gasteiger partial charge in [0.2, 0.25) is 0 Å². The molecule has 0 amide bonds. The Morgan fingerprint density at radius 2 is 0.404 bits per heavy atom. The van der Waals surface area contributed by atoms with E-state index < -0.39 is 0 Å². The molecule has 0 radical (unpaired) electrons. The van der Waals surface area contributed by atoms with Gasteiger partial charge < -0.3 is 19.6 Å².